The van der Waals surface area contributed by atoms with Gasteiger partial charge in [-0.05, 0) is 26.7 Å². The van der Waals surface area contributed by atoms with Gasteiger partial charge in [0.25, 0.3) is 0 Å². The molecular formula is C10H19NO3. The number of hydrogen-bond donors (Lipinski definition) is 1. The van der Waals surface area contributed by atoms with Crippen LogP contribution < -0.4 is 5.32 Å². The zero-order chi connectivity index (χ0) is 11.2. The van der Waals surface area contributed by atoms with E-state index in [4.69, 9.17) is 4.74 Å². The second kappa shape index (κ2) is 5.62. The van der Waals surface area contributed by atoms with Crippen LogP contribution in [0.4, 0.5) is 0 Å². The highest BCUT2D eigenvalue weighted by Crippen LogP contribution is 2.11. The average Bonchev–Trinajstić information content (AvgIpc) is 1.96. The maximum atomic E-state index is 11.3. The summed E-state index contributed by atoms with van der Waals surface area (Å²) in [4.78, 5) is 21.3. The Morgan fingerprint density at radius 3 is 2.50 bits per heavy atom. The SMILES string of the molecule is CC(CNC=O)CC(=O)OC(C)(C)C. The van der Waals surface area contributed by atoms with E-state index < -0.39 is 5.60 Å². The van der Waals surface area contributed by atoms with E-state index in [-0.39, 0.29) is 11.9 Å². The molecule has 14 heavy (non-hydrogen) atoms. The Bertz CT molecular complexity index is 196. The minimum atomic E-state index is -0.436. The number of carbonyl (C=O) groups is 2. The fourth-order valence-electron chi connectivity index (χ4n) is 0.989. The molecule has 0 saturated heterocycles. The number of amides is 1. The van der Waals surface area contributed by atoms with Gasteiger partial charge in [-0.3, -0.25) is 9.59 Å². The van der Waals surface area contributed by atoms with Gasteiger partial charge in [-0.1, -0.05) is 6.92 Å². The molecule has 0 radical (unpaired) electrons. The van der Waals surface area contributed by atoms with Gasteiger partial charge in [-0.15, -0.1) is 0 Å². The number of ether oxygens (including phenoxy) is 1. The Labute approximate surface area is 85.0 Å². The summed E-state index contributed by atoms with van der Waals surface area (Å²) in [7, 11) is 0. The van der Waals surface area contributed by atoms with Crippen molar-refractivity contribution in [3.05, 3.63) is 0 Å². The molecule has 1 amide bonds. The third kappa shape index (κ3) is 7.58. The summed E-state index contributed by atoms with van der Waals surface area (Å²) in [5, 5.41) is 2.53. The Balaban J connectivity index is 3.76. The van der Waals surface area contributed by atoms with E-state index in [0.717, 1.165) is 0 Å². The minimum absolute atomic E-state index is 0.107. The van der Waals surface area contributed by atoms with Gasteiger partial charge in [-0.2, -0.15) is 0 Å². The Morgan fingerprint density at radius 2 is 2.07 bits per heavy atom. The topological polar surface area (TPSA) is 55.4 Å². The second-order valence-electron chi connectivity index (χ2n) is 4.42. The number of rotatable bonds is 5. The Kier molecular flexibility index (Phi) is 5.20. The molecule has 0 rings (SSSR count). The molecule has 0 spiro atoms. The minimum Gasteiger partial charge on any atom is -0.460 e. The van der Waals surface area contributed by atoms with Crippen LogP contribution in [-0.4, -0.2) is 24.5 Å². The highest BCUT2D eigenvalue weighted by atomic mass is 16.6. The first-order valence-corrected chi connectivity index (χ1v) is 4.74. The van der Waals surface area contributed by atoms with Gasteiger partial charge < -0.3 is 10.1 Å². The first-order chi connectivity index (χ1) is 6.35. The molecule has 1 atom stereocenters. The summed E-state index contributed by atoms with van der Waals surface area (Å²) in [5.41, 5.74) is -0.436. The van der Waals surface area contributed by atoms with Gasteiger partial charge in [0.2, 0.25) is 6.41 Å². The number of carbonyl (C=O) groups excluding carboxylic acids is 2. The third-order valence-electron chi connectivity index (χ3n) is 1.48. The molecule has 4 nitrogen and oxygen atoms in total. The predicted molar refractivity (Wildman–Crippen MR) is 53.7 cm³/mol. The molecular weight excluding hydrogens is 182 g/mol. The van der Waals surface area contributed by atoms with E-state index in [1.165, 1.54) is 0 Å². The first-order valence-electron chi connectivity index (χ1n) is 4.74. The maximum Gasteiger partial charge on any atom is 0.306 e. The quantitative estimate of drug-likeness (QED) is 0.535. The smallest absolute Gasteiger partial charge is 0.306 e. The van der Waals surface area contributed by atoms with Crippen LogP contribution in [-0.2, 0) is 14.3 Å². The summed E-state index contributed by atoms with van der Waals surface area (Å²) >= 11 is 0. The molecule has 0 aliphatic carbocycles. The van der Waals surface area contributed by atoms with E-state index in [1.54, 1.807) is 0 Å². The van der Waals surface area contributed by atoms with Crippen molar-refractivity contribution in [2.45, 2.75) is 39.7 Å². The summed E-state index contributed by atoms with van der Waals surface area (Å²) in [6.45, 7) is 7.89. The highest BCUT2D eigenvalue weighted by Gasteiger charge is 2.17. The number of hydrogen-bond acceptors (Lipinski definition) is 3. The van der Waals surface area contributed by atoms with Crippen LogP contribution >= 0.6 is 0 Å². The first kappa shape index (κ1) is 12.9. The fraction of sp³-hybridized carbons (Fsp3) is 0.800. The molecule has 4 heteroatoms. The Morgan fingerprint density at radius 1 is 1.50 bits per heavy atom. The fourth-order valence-corrected chi connectivity index (χ4v) is 0.989. The highest BCUT2D eigenvalue weighted by molar-refractivity contribution is 5.70. The summed E-state index contributed by atoms with van der Waals surface area (Å²) in [5.74, 6) is -0.118. The van der Waals surface area contributed by atoms with Crippen LogP contribution in [0.15, 0.2) is 0 Å². The molecule has 1 unspecified atom stereocenters. The molecule has 0 aliphatic rings. The van der Waals surface area contributed by atoms with Crippen molar-refractivity contribution in [3.63, 3.8) is 0 Å². The summed E-state index contributed by atoms with van der Waals surface area (Å²) in [6, 6.07) is 0. The van der Waals surface area contributed by atoms with Crippen LogP contribution in [0, 0.1) is 5.92 Å². The lowest BCUT2D eigenvalue weighted by Gasteiger charge is -2.20. The van der Waals surface area contributed by atoms with E-state index in [1.807, 2.05) is 27.7 Å². The zero-order valence-corrected chi connectivity index (χ0v) is 9.29. The third-order valence-corrected chi connectivity index (χ3v) is 1.48. The monoisotopic (exact) mass is 201 g/mol. The van der Waals surface area contributed by atoms with Crippen molar-refractivity contribution in [2.24, 2.45) is 5.92 Å². The second-order valence-corrected chi connectivity index (χ2v) is 4.42. The van der Waals surface area contributed by atoms with Gasteiger partial charge in [0.05, 0.1) is 0 Å². The van der Waals surface area contributed by atoms with Gasteiger partial charge in [0.1, 0.15) is 5.60 Å². The van der Waals surface area contributed by atoms with E-state index in [0.29, 0.717) is 19.4 Å². The van der Waals surface area contributed by atoms with Gasteiger partial charge in [0, 0.05) is 13.0 Å². The van der Waals surface area contributed by atoms with E-state index in [9.17, 15) is 9.59 Å². The molecule has 0 aromatic heterocycles. The van der Waals surface area contributed by atoms with Crippen molar-refractivity contribution in [1.82, 2.24) is 5.32 Å². The van der Waals surface area contributed by atoms with Crippen molar-refractivity contribution in [1.29, 1.82) is 0 Å². The van der Waals surface area contributed by atoms with Crippen molar-refractivity contribution < 1.29 is 14.3 Å². The zero-order valence-electron chi connectivity index (χ0n) is 9.29. The molecule has 0 aromatic carbocycles. The number of esters is 1. The van der Waals surface area contributed by atoms with Gasteiger partial charge in [-0.25, -0.2) is 0 Å². The standard InChI is InChI=1S/C10H19NO3/c1-8(6-11-7-12)5-9(13)14-10(2,3)4/h7-8H,5-6H2,1-4H3,(H,11,12). The molecule has 0 saturated carbocycles. The number of nitrogens with one attached hydrogen (secondary N) is 1. The largest absolute Gasteiger partial charge is 0.460 e. The predicted octanol–water partition coefficient (Wildman–Crippen LogP) is 1.10. The molecule has 0 aromatic rings. The van der Waals surface area contributed by atoms with Crippen molar-refractivity contribution in [3.8, 4) is 0 Å². The van der Waals surface area contributed by atoms with Crippen LogP contribution in [0.25, 0.3) is 0 Å². The van der Waals surface area contributed by atoms with Crippen molar-refractivity contribution in [2.75, 3.05) is 6.54 Å². The normalized spacial score (nSPS) is 13.1. The average molecular weight is 201 g/mol. The van der Waals surface area contributed by atoms with Crippen molar-refractivity contribution >= 4 is 12.4 Å². The molecule has 0 fully saturated rings. The molecule has 0 aliphatic heterocycles. The molecule has 0 bridgehead atoms. The molecule has 0 heterocycles. The molecule has 1 N–H and O–H groups in total. The Hall–Kier alpha value is -1.06. The lowest BCUT2D eigenvalue weighted by molar-refractivity contribution is -0.155. The summed E-state index contributed by atoms with van der Waals surface area (Å²) < 4.78 is 5.13. The summed E-state index contributed by atoms with van der Waals surface area (Å²) in [6.07, 6.45) is 0.962. The van der Waals surface area contributed by atoms with Gasteiger partial charge in [0.15, 0.2) is 0 Å². The lowest BCUT2D eigenvalue weighted by Crippen LogP contribution is -2.27. The molecule has 82 valence electrons. The van der Waals surface area contributed by atoms with Crippen LogP contribution in [0.5, 0.6) is 0 Å². The van der Waals surface area contributed by atoms with E-state index in [2.05, 4.69) is 5.32 Å². The van der Waals surface area contributed by atoms with E-state index >= 15 is 0 Å². The van der Waals surface area contributed by atoms with Crippen LogP contribution in [0.2, 0.25) is 0 Å². The van der Waals surface area contributed by atoms with Gasteiger partial charge >= 0.3 is 5.97 Å². The van der Waals surface area contributed by atoms with Crippen LogP contribution in [0.3, 0.4) is 0 Å². The lowest BCUT2D eigenvalue weighted by atomic mass is 10.1. The van der Waals surface area contributed by atoms with Crippen LogP contribution in [0.1, 0.15) is 34.1 Å². The maximum absolute atomic E-state index is 11.3.